The highest BCUT2D eigenvalue weighted by Gasteiger charge is 2.40. The Bertz CT molecular complexity index is 929. The fourth-order valence-corrected chi connectivity index (χ4v) is 3.68. The van der Waals surface area contributed by atoms with E-state index in [-0.39, 0.29) is 23.1 Å². The molecule has 2 aromatic rings. The quantitative estimate of drug-likeness (QED) is 0.422. The van der Waals surface area contributed by atoms with Gasteiger partial charge in [0.25, 0.3) is 0 Å². The normalized spacial score (nSPS) is 17.4. The van der Waals surface area contributed by atoms with Gasteiger partial charge in [0.2, 0.25) is 11.8 Å². The minimum absolute atomic E-state index is 0.000734. The van der Waals surface area contributed by atoms with Gasteiger partial charge in [-0.15, -0.1) is 0 Å². The lowest BCUT2D eigenvalue weighted by Crippen LogP contribution is -2.31. The summed E-state index contributed by atoms with van der Waals surface area (Å²) in [6, 6.07) is 12.8. The van der Waals surface area contributed by atoms with Gasteiger partial charge in [0, 0.05) is 10.9 Å². The lowest BCUT2D eigenvalue weighted by molar-refractivity contribution is -0.121. The third-order valence-electron chi connectivity index (χ3n) is 3.81. The molecule has 1 atom stereocenters. The molecule has 1 aliphatic heterocycles. The van der Waals surface area contributed by atoms with Crippen molar-refractivity contribution >= 4 is 62.0 Å². The number of amidine groups is 1. The van der Waals surface area contributed by atoms with E-state index in [1.807, 2.05) is 12.1 Å². The van der Waals surface area contributed by atoms with Gasteiger partial charge in [0.05, 0.1) is 16.9 Å². The van der Waals surface area contributed by atoms with Crippen LogP contribution in [0, 0.1) is 0 Å². The second-order valence-corrected chi connectivity index (χ2v) is 7.80. The average molecular weight is 448 g/mol. The summed E-state index contributed by atoms with van der Waals surface area (Å²) in [5.74, 6) is -1.84. The van der Waals surface area contributed by atoms with Gasteiger partial charge in [0.15, 0.2) is 5.17 Å². The molecule has 1 fully saturated rings. The summed E-state index contributed by atoms with van der Waals surface area (Å²) in [4.78, 5) is 41.1. The van der Waals surface area contributed by atoms with Crippen LogP contribution in [0.15, 0.2) is 58.0 Å². The molecule has 1 saturated heterocycles. The highest BCUT2D eigenvalue weighted by atomic mass is 79.9. The fourth-order valence-electron chi connectivity index (χ4n) is 2.54. The van der Waals surface area contributed by atoms with Crippen LogP contribution in [-0.4, -0.2) is 33.3 Å². The first-order valence-electron chi connectivity index (χ1n) is 7.81. The molecule has 1 heterocycles. The second-order valence-electron chi connectivity index (χ2n) is 5.66. The molecule has 1 aliphatic rings. The lowest BCUT2D eigenvalue weighted by atomic mass is 10.2. The Morgan fingerprint density at radius 1 is 1.15 bits per heavy atom. The van der Waals surface area contributed by atoms with E-state index < -0.39 is 17.1 Å². The number of benzene rings is 2. The van der Waals surface area contributed by atoms with E-state index in [0.29, 0.717) is 11.4 Å². The van der Waals surface area contributed by atoms with Gasteiger partial charge in [0.1, 0.15) is 5.25 Å². The first-order valence-corrected chi connectivity index (χ1v) is 9.49. The summed E-state index contributed by atoms with van der Waals surface area (Å²) < 4.78 is 0.911. The number of thioether (sulfide) groups is 1. The van der Waals surface area contributed by atoms with Crippen LogP contribution in [0.4, 0.5) is 11.4 Å². The maximum absolute atomic E-state index is 12.6. The van der Waals surface area contributed by atoms with Gasteiger partial charge in [-0.1, -0.05) is 27.7 Å². The maximum Gasteiger partial charge on any atom is 0.335 e. The number of hydrogen-bond donors (Lipinski definition) is 2. The van der Waals surface area contributed by atoms with Crippen LogP contribution in [0.3, 0.4) is 0 Å². The van der Waals surface area contributed by atoms with Gasteiger partial charge in [-0.05, 0) is 48.5 Å². The van der Waals surface area contributed by atoms with Gasteiger partial charge < -0.3 is 10.8 Å². The predicted molar refractivity (Wildman–Crippen MR) is 107 cm³/mol. The van der Waals surface area contributed by atoms with Gasteiger partial charge in [-0.3, -0.25) is 9.59 Å². The van der Waals surface area contributed by atoms with Crippen LogP contribution in [0.5, 0.6) is 0 Å². The van der Waals surface area contributed by atoms with Crippen LogP contribution in [0.25, 0.3) is 0 Å². The van der Waals surface area contributed by atoms with Gasteiger partial charge >= 0.3 is 5.97 Å². The Labute approximate surface area is 167 Å². The largest absolute Gasteiger partial charge is 0.478 e. The minimum atomic E-state index is -1.08. The summed E-state index contributed by atoms with van der Waals surface area (Å²) >= 11 is 4.37. The molecule has 27 heavy (non-hydrogen) atoms. The van der Waals surface area contributed by atoms with Crippen LogP contribution in [-0.2, 0) is 9.59 Å². The zero-order valence-corrected chi connectivity index (χ0v) is 16.2. The number of rotatable bonds is 4. The Morgan fingerprint density at radius 3 is 2.37 bits per heavy atom. The van der Waals surface area contributed by atoms with Crippen molar-refractivity contribution in [1.29, 1.82) is 0 Å². The van der Waals surface area contributed by atoms with Crippen molar-refractivity contribution in [1.82, 2.24) is 0 Å². The topological polar surface area (TPSA) is 113 Å². The first-order chi connectivity index (χ1) is 12.8. The molecule has 3 N–H and O–H groups in total. The van der Waals surface area contributed by atoms with Gasteiger partial charge in [-0.25, -0.2) is 14.7 Å². The number of nitrogens with two attached hydrogens (primary N) is 1. The molecule has 0 spiro atoms. The number of carboxylic acids is 1. The number of carbonyl (C=O) groups excluding carboxylic acids is 2. The van der Waals surface area contributed by atoms with E-state index >= 15 is 0 Å². The third kappa shape index (κ3) is 4.37. The third-order valence-corrected chi connectivity index (χ3v) is 5.32. The number of imide groups is 1. The number of halogens is 1. The number of anilines is 1. The number of nitrogens with zero attached hydrogens (tertiary/aromatic N) is 2. The molecule has 0 aliphatic carbocycles. The minimum Gasteiger partial charge on any atom is -0.478 e. The Balaban J connectivity index is 1.73. The maximum atomic E-state index is 12.6. The number of hydrogen-bond acceptors (Lipinski definition) is 5. The van der Waals surface area contributed by atoms with Crippen molar-refractivity contribution < 1.29 is 19.5 Å². The molecular weight excluding hydrogens is 434 g/mol. The van der Waals surface area contributed by atoms with E-state index in [0.717, 1.165) is 21.1 Å². The molecule has 2 aromatic carbocycles. The highest BCUT2D eigenvalue weighted by molar-refractivity contribution is 9.10. The number of aliphatic imine (C=N–C) groups is 1. The summed E-state index contributed by atoms with van der Waals surface area (Å²) in [7, 11) is 0. The highest BCUT2D eigenvalue weighted by Crippen LogP contribution is 2.30. The smallest absolute Gasteiger partial charge is 0.335 e. The van der Waals surface area contributed by atoms with E-state index in [4.69, 9.17) is 10.8 Å². The van der Waals surface area contributed by atoms with E-state index in [9.17, 15) is 14.4 Å². The molecule has 9 heteroatoms. The van der Waals surface area contributed by atoms with Gasteiger partial charge in [-0.2, -0.15) is 0 Å². The van der Waals surface area contributed by atoms with Crippen LogP contribution >= 0.6 is 27.7 Å². The number of amides is 2. The molecule has 138 valence electrons. The second kappa shape index (κ2) is 7.93. The van der Waals surface area contributed by atoms with Crippen LogP contribution in [0.2, 0.25) is 0 Å². The zero-order valence-electron chi connectivity index (χ0n) is 13.8. The lowest BCUT2D eigenvalue weighted by Gasteiger charge is -2.15. The van der Waals surface area contributed by atoms with Crippen molar-refractivity contribution in [2.75, 3.05) is 4.90 Å². The van der Waals surface area contributed by atoms with E-state index in [1.54, 1.807) is 12.1 Å². The van der Waals surface area contributed by atoms with Crippen LogP contribution < -0.4 is 10.6 Å². The Morgan fingerprint density at radius 2 is 1.78 bits per heavy atom. The standard InChI is InChI=1S/C18H14BrN3O4S/c19-11-3-5-12(6-4-11)21-18(20)27-14-9-15(23)22(16(14)24)13-7-1-10(2-8-13)17(25)26/h1-8,14H,9H2,(H2,20,21)(H,25,26). The SMILES string of the molecule is NC(=Nc1ccc(Br)cc1)SC1CC(=O)N(c2ccc(C(=O)O)cc2)C1=O. The first kappa shape index (κ1) is 19.1. The molecule has 2 amide bonds. The van der Waals surface area contributed by atoms with Crippen molar-refractivity contribution in [2.45, 2.75) is 11.7 Å². The Hall–Kier alpha value is -2.65. The molecule has 0 radical (unpaired) electrons. The molecule has 1 unspecified atom stereocenters. The van der Waals surface area contributed by atoms with E-state index in [1.165, 1.54) is 24.3 Å². The molecule has 0 aromatic heterocycles. The number of carboxylic acid groups (broad SMARTS) is 1. The van der Waals surface area contributed by atoms with Crippen molar-refractivity contribution in [3.05, 3.63) is 58.6 Å². The summed E-state index contributed by atoms with van der Waals surface area (Å²) in [5, 5.41) is 8.46. The molecule has 0 saturated carbocycles. The molecule has 0 bridgehead atoms. The molecule has 3 rings (SSSR count). The number of aromatic carboxylic acids is 1. The van der Waals surface area contributed by atoms with Crippen molar-refractivity contribution in [3.63, 3.8) is 0 Å². The summed E-state index contributed by atoms with van der Waals surface area (Å²) in [6.45, 7) is 0. The van der Waals surface area contributed by atoms with E-state index in [2.05, 4.69) is 20.9 Å². The monoisotopic (exact) mass is 447 g/mol. The zero-order chi connectivity index (χ0) is 19.6. The average Bonchev–Trinajstić information content (AvgIpc) is 2.90. The molecular formula is C18H14BrN3O4S. The predicted octanol–water partition coefficient (Wildman–Crippen LogP) is 3.16. The fraction of sp³-hybridized carbons (Fsp3) is 0.111. The van der Waals surface area contributed by atoms with Crippen LogP contribution in [0.1, 0.15) is 16.8 Å². The molecule has 7 nitrogen and oxygen atoms in total. The van der Waals surface area contributed by atoms with Crippen molar-refractivity contribution in [3.8, 4) is 0 Å². The Kier molecular flexibility index (Phi) is 5.62. The summed E-state index contributed by atoms with van der Waals surface area (Å²) in [6.07, 6.45) is 0.000734. The number of carbonyl (C=O) groups is 3. The summed E-state index contributed by atoms with van der Waals surface area (Å²) in [5.41, 5.74) is 6.98. The van der Waals surface area contributed by atoms with Crippen molar-refractivity contribution in [2.24, 2.45) is 10.7 Å².